The molecule has 0 aliphatic carbocycles. The molecule has 0 saturated heterocycles. The molecule has 0 aromatic carbocycles. The lowest BCUT2D eigenvalue weighted by molar-refractivity contribution is 0.140. The normalized spacial score (nSPS) is 14.6. The highest BCUT2D eigenvalue weighted by Gasteiger charge is 2.33. The summed E-state index contributed by atoms with van der Waals surface area (Å²) in [5.74, 6) is 2.60. The average molecular weight is 279 g/mol. The van der Waals surface area contributed by atoms with Crippen LogP contribution in [0.2, 0.25) is 12.6 Å². The van der Waals surface area contributed by atoms with Gasteiger partial charge in [0.1, 0.15) is 0 Å². The van der Waals surface area contributed by atoms with E-state index in [2.05, 4.69) is 53.8 Å². The molecule has 17 heavy (non-hydrogen) atoms. The van der Waals surface area contributed by atoms with Crippen LogP contribution in [0.3, 0.4) is 0 Å². The van der Waals surface area contributed by atoms with E-state index in [0.29, 0.717) is 17.8 Å². The standard InChI is InChI=1S/C13H30O2SSi/c1-11(2)7-14-17(6,10-13(5)9-16)15-8-12(3)4/h11-13,16H,7-10H2,1-6H3. The molecular weight excluding hydrogens is 248 g/mol. The molecule has 0 N–H and O–H groups in total. The minimum absolute atomic E-state index is 0.564. The topological polar surface area (TPSA) is 18.5 Å². The van der Waals surface area contributed by atoms with Crippen molar-refractivity contribution in [2.75, 3.05) is 19.0 Å². The van der Waals surface area contributed by atoms with Gasteiger partial charge in [-0.3, -0.25) is 0 Å². The van der Waals surface area contributed by atoms with Crippen LogP contribution in [0.1, 0.15) is 34.6 Å². The molecule has 0 aliphatic rings. The zero-order valence-corrected chi connectivity index (χ0v) is 14.2. The number of hydrogen-bond acceptors (Lipinski definition) is 3. The van der Waals surface area contributed by atoms with Crippen molar-refractivity contribution < 1.29 is 8.85 Å². The summed E-state index contributed by atoms with van der Waals surface area (Å²) in [6.07, 6.45) is 0. The van der Waals surface area contributed by atoms with Crippen molar-refractivity contribution in [1.29, 1.82) is 0 Å². The van der Waals surface area contributed by atoms with Crippen LogP contribution in [0, 0.1) is 17.8 Å². The average Bonchev–Trinajstić information content (AvgIpc) is 2.24. The van der Waals surface area contributed by atoms with Crippen LogP contribution in [0.4, 0.5) is 0 Å². The van der Waals surface area contributed by atoms with Gasteiger partial charge in [0.2, 0.25) is 0 Å². The summed E-state index contributed by atoms with van der Waals surface area (Å²) in [7, 11) is -2.01. The van der Waals surface area contributed by atoms with Gasteiger partial charge in [-0.05, 0) is 36.1 Å². The molecule has 0 heterocycles. The van der Waals surface area contributed by atoms with Crippen LogP contribution >= 0.6 is 12.6 Å². The smallest absolute Gasteiger partial charge is 0.335 e. The van der Waals surface area contributed by atoms with E-state index in [-0.39, 0.29) is 0 Å². The highest BCUT2D eigenvalue weighted by Crippen LogP contribution is 2.22. The van der Waals surface area contributed by atoms with E-state index in [1.54, 1.807) is 0 Å². The molecule has 0 aromatic heterocycles. The van der Waals surface area contributed by atoms with E-state index < -0.39 is 8.56 Å². The van der Waals surface area contributed by atoms with E-state index in [0.717, 1.165) is 25.0 Å². The third kappa shape index (κ3) is 9.11. The van der Waals surface area contributed by atoms with Gasteiger partial charge >= 0.3 is 8.56 Å². The van der Waals surface area contributed by atoms with Crippen molar-refractivity contribution in [1.82, 2.24) is 0 Å². The van der Waals surface area contributed by atoms with Crippen LogP contribution in [-0.4, -0.2) is 27.5 Å². The second-order valence-electron chi connectivity index (χ2n) is 6.04. The van der Waals surface area contributed by atoms with Gasteiger partial charge in [0.15, 0.2) is 0 Å². The Morgan fingerprint density at radius 3 is 1.65 bits per heavy atom. The Morgan fingerprint density at radius 2 is 1.35 bits per heavy atom. The first-order chi connectivity index (χ1) is 7.79. The number of rotatable bonds is 9. The summed E-state index contributed by atoms with van der Waals surface area (Å²) in [5, 5.41) is 0. The van der Waals surface area contributed by atoms with Crippen LogP contribution in [0.25, 0.3) is 0 Å². The molecule has 0 spiro atoms. The highest BCUT2D eigenvalue weighted by atomic mass is 32.1. The molecule has 0 amide bonds. The molecule has 0 rings (SSSR count). The lowest BCUT2D eigenvalue weighted by Crippen LogP contribution is -2.42. The molecule has 0 aliphatic heterocycles. The summed E-state index contributed by atoms with van der Waals surface area (Å²) in [6.45, 7) is 14.7. The second-order valence-corrected chi connectivity index (χ2v) is 9.65. The van der Waals surface area contributed by atoms with Gasteiger partial charge in [0.05, 0.1) is 0 Å². The molecular formula is C13H30O2SSi. The van der Waals surface area contributed by atoms with Crippen molar-refractivity contribution in [3.63, 3.8) is 0 Å². The Balaban J connectivity index is 4.33. The Bertz CT molecular complexity index is 186. The summed E-state index contributed by atoms with van der Waals surface area (Å²) >= 11 is 4.36. The largest absolute Gasteiger partial charge is 0.394 e. The van der Waals surface area contributed by atoms with Gasteiger partial charge in [0, 0.05) is 13.2 Å². The van der Waals surface area contributed by atoms with Crippen LogP contribution < -0.4 is 0 Å². The fraction of sp³-hybridized carbons (Fsp3) is 1.00. The van der Waals surface area contributed by atoms with Gasteiger partial charge < -0.3 is 8.85 Å². The monoisotopic (exact) mass is 278 g/mol. The summed E-state index contributed by atoms with van der Waals surface area (Å²) in [4.78, 5) is 0. The van der Waals surface area contributed by atoms with Gasteiger partial charge in [0.25, 0.3) is 0 Å². The SMILES string of the molecule is CC(C)CO[Si](C)(CC(C)CS)OCC(C)C. The Morgan fingerprint density at radius 1 is 0.941 bits per heavy atom. The van der Waals surface area contributed by atoms with Gasteiger partial charge in [-0.2, -0.15) is 12.6 Å². The lowest BCUT2D eigenvalue weighted by atomic mass is 10.2. The molecule has 104 valence electrons. The predicted octanol–water partition coefficient (Wildman–Crippen LogP) is 3.97. The van der Waals surface area contributed by atoms with Crippen molar-refractivity contribution in [3.05, 3.63) is 0 Å². The fourth-order valence-electron chi connectivity index (χ4n) is 1.54. The molecule has 0 aromatic rings. The third-order valence-corrected chi connectivity index (χ3v) is 6.09. The summed E-state index contributed by atoms with van der Waals surface area (Å²) in [5.41, 5.74) is 0. The maximum absolute atomic E-state index is 6.10. The zero-order valence-electron chi connectivity index (χ0n) is 12.3. The maximum Gasteiger partial charge on any atom is 0.335 e. The molecule has 0 radical (unpaired) electrons. The van der Waals surface area contributed by atoms with E-state index >= 15 is 0 Å². The highest BCUT2D eigenvalue weighted by molar-refractivity contribution is 7.80. The van der Waals surface area contributed by atoms with Gasteiger partial charge in [-0.25, -0.2) is 0 Å². The first kappa shape index (κ1) is 17.5. The number of thiol groups is 1. The van der Waals surface area contributed by atoms with Crippen LogP contribution in [-0.2, 0) is 8.85 Å². The third-order valence-electron chi connectivity index (χ3n) is 2.47. The quantitative estimate of drug-likeness (QED) is 0.508. The van der Waals surface area contributed by atoms with Gasteiger partial charge in [-0.1, -0.05) is 34.6 Å². The Kier molecular flexibility index (Phi) is 8.81. The molecule has 4 heteroatoms. The predicted molar refractivity (Wildman–Crippen MR) is 81.0 cm³/mol. The van der Waals surface area contributed by atoms with Gasteiger partial charge in [-0.15, -0.1) is 0 Å². The minimum atomic E-state index is -2.01. The second kappa shape index (κ2) is 8.56. The van der Waals surface area contributed by atoms with Crippen molar-refractivity contribution in [2.45, 2.75) is 47.2 Å². The summed E-state index contributed by atoms with van der Waals surface area (Å²) in [6, 6.07) is 1.04. The molecule has 1 atom stereocenters. The Hall–Kier alpha value is 0.487. The minimum Gasteiger partial charge on any atom is -0.394 e. The lowest BCUT2D eigenvalue weighted by Gasteiger charge is -2.30. The zero-order chi connectivity index (χ0) is 13.5. The fourth-order valence-corrected chi connectivity index (χ4v) is 5.02. The first-order valence-electron chi connectivity index (χ1n) is 6.68. The van der Waals surface area contributed by atoms with E-state index in [1.807, 2.05) is 0 Å². The molecule has 0 fully saturated rings. The molecule has 1 unspecified atom stereocenters. The van der Waals surface area contributed by atoms with E-state index in [1.165, 1.54) is 0 Å². The van der Waals surface area contributed by atoms with Crippen molar-refractivity contribution in [2.24, 2.45) is 17.8 Å². The van der Waals surface area contributed by atoms with Crippen LogP contribution in [0.15, 0.2) is 0 Å². The molecule has 0 bridgehead atoms. The number of hydrogen-bond donors (Lipinski definition) is 1. The Labute approximate surface area is 114 Å². The van der Waals surface area contributed by atoms with Crippen molar-refractivity contribution in [3.8, 4) is 0 Å². The maximum atomic E-state index is 6.10. The molecule has 2 nitrogen and oxygen atoms in total. The van der Waals surface area contributed by atoms with Crippen molar-refractivity contribution >= 4 is 21.2 Å². The van der Waals surface area contributed by atoms with Crippen LogP contribution in [0.5, 0.6) is 0 Å². The van der Waals surface area contributed by atoms with E-state index in [4.69, 9.17) is 8.85 Å². The molecule has 0 saturated carbocycles. The first-order valence-corrected chi connectivity index (χ1v) is 9.83. The summed E-state index contributed by atoms with van der Waals surface area (Å²) < 4.78 is 12.2. The van der Waals surface area contributed by atoms with E-state index in [9.17, 15) is 0 Å².